The first-order valence-corrected chi connectivity index (χ1v) is 7.53. The number of anilines is 1. The van der Waals surface area contributed by atoms with Gasteiger partial charge in [0.25, 0.3) is 5.91 Å². The Morgan fingerprint density at radius 2 is 1.96 bits per heavy atom. The Bertz CT molecular complexity index is 846. The first kappa shape index (κ1) is 15.7. The predicted octanol–water partition coefficient (Wildman–Crippen LogP) is 3.66. The number of halogens is 1. The maximum atomic E-state index is 13.8. The molecule has 0 radical (unpaired) electrons. The van der Waals surface area contributed by atoms with Crippen molar-refractivity contribution >= 4 is 11.7 Å². The van der Waals surface area contributed by atoms with Crippen molar-refractivity contribution in [3.63, 3.8) is 0 Å². The number of ether oxygens (including phenoxy) is 1. The molecule has 0 aliphatic carbocycles. The normalized spacial score (nSPS) is 10.4. The second-order valence-electron chi connectivity index (χ2n) is 4.98. The molecule has 24 heavy (non-hydrogen) atoms. The Morgan fingerprint density at radius 3 is 2.71 bits per heavy atom. The minimum atomic E-state index is -0.570. The van der Waals surface area contributed by atoms with Crippen LogP contribution in [0.25, 0.3) is 5.69 Å². The number of carbonyl (C=O) groups is 1. The fourth-order valence-electron chi connectivity index (χ4n) is 2.28. The summed E-state index contributed by atoms with van der Waals surface area (Å²) in [6, 6.07) is 15.4. The van der Waals surface area contributed by atoms with Gasteiger partial charge in [-0.1, -0.05) is 24.3 Å². The van der Waals surface area contributed by atoms with Crippen molar-refractivity contribution in [2.24, 2.45) is 0 Å². The molecule has 2 aromatic carbocycles. The Kier molecular flexibility index (Phi) is 4.56. The van der Waals surface area contributed by atoms with Gasteiger partial charge in [0, 0.05) is 12.3 Å². The first-order valence-electron chi connectivity index (χ1n) is 7.53. The van der Waals surface area contributed by atoms with Crippen LogP contribution in [0.2, 0.25) is 0 Å². The molecule has 0 aliphatic rings. The van der Waals surface area contributed by atoms with Crippen molar-refractivity contribution in [1.82, 2.24) is 9.78 Å². The zero-order valence-corrected chi connectivity index (χ0v) is 13.1. The second kappa shape index (κ2) is 6.95. The highest BCUT2D eigenvalue weighted by Crippen LogP contribution is 2.23. The van der Waals surface area contributed by atoms with E-state index < -0.39 is 11.7 Å². The number of hydrogen-bond donors (Lipinski definition) is 1. The highest BCUT2D eigenvalue weighted by Gasteiger charge is 2.17. The van der Waals surface area contributed by atoms with Gasteiger partial charge in [-0.2, -0.15) is 5.10 Å². The maximum absolute atomic E-state index is 13.8. The van der Waals surface area contributed by atoms with E-state index in [-0.39, 0.29) is 17.9 Å². The van der Waals surface area contributed by atoms with Crippen LogP contribution >= 0.6 is 0 Å². The van der Waals surface area contributed by atoms with E-state index in [1.807, 2.05) is 30.3 Å². The quantitative estimate of drug-likeness (QED) is 0.779. The second-order valence-corrected chi connectivity index (χ2v) is 4.98. The molecular formula is C18H16FN3O2. The Labute approximate surface area is 138 Å². The molecule has 1 amide bonds. The summed E-state index contributed by atoms with van der Waals surface area (Å²) in [6.07, 6.45) is 1.74. The monoisotopic (exact) mass is 325 g/mol. The SMILES string of the molecule is CCOc1c(F)cccc1C(=O)Nc1ccn(-c2ccccc2)n1. The van der Waals surface area contributed by atoms with Crippen LogP contribution in [0.1, 0.15) is 17.3 Å². The number of benzene rings is 2. The summed E-state index contributed by atoms with van der Waals surface area (Å²) in [5.74, 6) is -0.730. The van der Waals surface area contributed by atoms with Crippen LogP contribution in [0.15, 0.2) is 60.8 Å². The van der Waals surface area contributed by atoms with Gasteiger partial charge in [-0.3, -0.25) is 4.79 Å². The van der Waals surface area contributed by atoms with Crippen LogP contribution in [0, 0.1) is 5.82 Å². The molecule has 122 valence electrons. The third kappa shape index (κ3) is 3.27. The molecule has 6 heteroatoms. The highest BCUT2D eigenvalue weighted by atomic mass is 19.1. The Balaban J connectivity index is 1.81. The van der Waals surface area contributed by atoms with E-state index in [0.717, 1.165) is 5.69 Å². The molecule has 3 aromatic rings. The summed E-state index contributed by atoms with van der Waals surface area (Å²) in [6.45, 7) is 2.00. The van der Waals surface area contributed by atoms with E-state index in [9.17, 15) is 9.18 Å². The summed E-state index contributed by atoms with van der Waals surface area (Å²) in [4.78, 5) is 12.4. The van der Waals surface area contributed by atoms with E-state index in [1.54, 1.807) is 23.9 Å². The smallest absolute Gasteiger partial charge is 0.260 e. The van der Waals surface area contributed by atoms with Crippen molar-refractivity contribution in [3.8, 4) is 11.4 Å². The molecule has 0 saturated heterocycles. The molecule has 1 heterocycles. The summed E-state index contributed by atoms with van der Waals surface area (Å²) in [5.41, 5.74) is 1.00. The third-order valence-corrected chi connectivity index (χ3v) is 3.35. The van der Waals surface area contributed by atoms with Crippen LogP contribution in [-0.4, -0.2) is 22.3 Å². The summed E-state index contributed by atoms with van der Waals surface area (Å²) in [7, 11) is 0. The van der Waals surface area contributed by atoms with Gasteiger partial charge in [0.2, 0.25) is 0 Å². The van der Waals surface area contributed by atoms with E-state index >= 15 is 0 Å². The summed E-state index contributed by atoms with van der Waals surface area (Å²) >= 11 is 0. The molecule has 0 spiro atoms. The predicted molar refractivity (Wildman–Crippen MR) is 89.1 cm³/mol. The summed E-state index contributed by atoms with van der Waals surface area (Å²) in [5, 5.41) is 6.95. The molecule has 0 unspecified atom stereocenters. The van der Waals surface area contributed by atoms with Crippen LogP contribution in [-0.2, 0) is 0 Å². The topological polar surface area (TPSA) is 56.1 Å². The lowest BCUT2D eigenvalue weighted by Gasteiger charge is -2.10. The number of nitrogens with one attached hydrogen (secondary N) is 1. The molecule has 0 saturated carbocycles. The van der Waals surface area contributed by atoms with Crippen molar-refractivity contribution in [2.45, 2.75) is 6.92 Å². The standard InChI is InChI=1S/C18H16FN3O2/c1-2-24-17-14(9-6-10-15(17)19)18(23)20-16-11-12-22(21-16)13-7-4-3-5-8-13/h3-12H,2H2,1H3,(H,20,21,23). The van der Waals surface area contributed by atoms with Crippen molar-refractivity contribution < 1.29 is 13.9 Å². The fourth-order valence-corrected chi connectivity index (χ4v) is 2.28. The number of hydrogen-bond acceptors (Lipinski definition) is 3. The van der Waals surface area contributed by atoms with Gasteiger partial charge in [0.1, 0.15) is 0 Å². The van der Waals surface area contributed by atoms with Crippen LogP contribution in [0.5, 0.6) is 5.75 Å². The lowest BCUT2D eigenvalue weighted by atomic mass is 10.2. The van der Waals surface area contributed by atoms with Gasteiger partial charge >= 0.3 is 0 Å². The first-order chi connectivity index (χ1) is 11.7. The molecule has 0 fully saturated rings. The average Bonchev–Trinajstić information content (AvgIpc) is 3.06. The van der Waals surface area contributed by atoms with E-state index in [1.165, 1.54) is 18.2 Å². The minimum absolute atomic E-state index is 0.0556. The Hall–Kier alpha value is -3.15. The molecule has 1 aromatic heterocycles. The number of rotatable bonds is 5. The van der Waals surface area contributed by atoms with E-state index in [4.69, 9.17) is 4.74 Å². The maximum Gasteiger partial charge on any atom is 0.260 e. The molecule has 1 N–H and O–H groups in total. The van der Waals surface area contributed by atoms with Crippen LogP contribution < -0.4 is 10.1 Å². The highest BCUT2D eigenvalue weighted by molar-refractivity contribution is 6.05. The van der Waals surface area contributed by atoms with Gasteiger partial charge in [0.15, 0.2) is 17.4 Å². The molecule has 0 bridgehead atoms. The summed E-state index contributed by atoms with van der Waals surface area (Å²) < 4.78 is 20.7. The number of amides is 1. The number of para-hydroxylation sites is 2. The number of aromatic nitrogens is 2. The zero-order valence-electron chi connectivity index (χ0n) is 13.1. The van der Waals surface area contributed by atoms with Gasteiger partial charge in [-0.05, 0) is 31.2 Å². The molecule has 0 aliphatic heterocycles. The molecular weight excluding hydrogens is 309 g/mol. The van der Waals surface area contributed by atoms with Gasteiger partial charge in [-0.25, -0.2) is 9.07 Å². The zero-order chi connectivity index (χ0) is 16.9. The lowest BCUT2D eigenvalue weighted by molar-refractivity contribution is 0.102. The minimum Gasteiger partial charge on any atom is -0.490 e. The fraction of sp³-hybridized carbons (Fsp3) is 0.111. The van der Waals surface area contributed by atoms with Gasteiger partial charge in [-0.15, -0.1) is 0 Å². The van der Waals surface area contributed by atoms with E-state index in [0.29, 0.717) is 5.82 Å². The third-order valence-electron chi connectivity index (χ3n) is 3.35. The van der Waals surface area contributed by atoms with Crippen LogP contribution in [0.4, 0.5) is 10.2 Å². The van der Waals surface area contributed by atoms with Crippen molar-refractivity contribution in [1.29, 1.82) is 0 Å². The molecule has 0 atom stereocenters. The number of nitrogens with zero attached hydrogens (tertiary/aromatic N) is 2. The average molecular weight is 325 g/mol. The number of carbonyl (C=O) groups excluding carboxylic acids is 1. The lowest BCUT2D eigenvalue weighted by Crippen LogP contribution is -2.15. The van der Waals surface area contributed by atoms with Gasteiger partial charge < -0.3 is 10.1 Å². The van der Waals surface area contributed by atoms with Gasteiger partial charge in [0.05, 0.1) is 17.9 Å². The van der Waals surface area contributed by atoms with Crippen LogP contribution in [0.3, 0.4) is 0 Å². The Morgan fingerprint density at radius 1 is 1.17 bits per heavy atom. The van der Waals surface area contributed by atoms with Crippen molar-refractivity contribution in [2.75, 3.05) is 11.9 Å². The van der Waals surface area contributed by atoms with Crippen molar-refractivity contribution in [3.05, 3.63) is 72.2 Å². The van der Waals surface area contributed by atoms with E-state index in [2.05, 4.69) is 10.4 Å². The largest absolute Gasteiger partial charge is 0.490 e. The molecule has 3 rings (SSSR count). The molecule has 5 nitrogen and oxygen atoms in total.